The Hall–Kier alpha value is -2.19. The number of benzene rings is 1. The maximum absolute atomic E-state index is 13.8. The average molecular weight is 280 g/mol. The first-order chi connectivity index (χ1) is 9.29. The summed E-state index contributed by atoms with van der Waals surface area (Å²) in [7, 11) is -1.84. The van der Waals surface area contributed by atoms with Gasteiger partial charge in [0.1, 0.15) is 11.5 Å². The van der Waals surface area contributed by atoms with Crippen molar-refractivity contribution in [1.29, 1.82) is 0 Å². The van der Waals surface area contributed by atoms with Crippen molar-refractivity contribution in [3.05, 3.63) is 41.9 Å². The molecular formula is C12H14BFN2O4. The molecule has 0 saturated heterocycles. The van der Waals surface area contributed by atoms with Crippen LogP contribution in [0.5, 0.6) is 0 Å². The fourth-order valence-electron chi connectivity index (χ4n) is 1.60. The quantitative estimate of drug-likeness (QED) is 0.473. The number of carbonyl (C=O) groups excluding carboxylic acids is 2. The van der Waals surface area contributed by atoms with Gasteiger partial charge in [-0.3, -0.25) is 9.59 Å². The summed E-state index contributed by atoms with van der Waals surface area (Å²) < 4.78 is 13.8. The first-order valence-electron chi connectivity index (χ1n) is 5.75. The lowest BCUT2D eigenvalue weighted by atomic mass is 9.80. The Balaban J connectivity index is 3.14. The van der Waals surface area contributed by atoms with Crippen molar-refractivity contribution in [2.24, 2.45) is 5.73 Å². The summed E-state index contributed by atoms with van der Waals surface area (Å²) in [6.07, 6.45) is 0. The van der Waals surface area contributed by atoms with E-state index in [1.54, 1.807) is 6.92 Å². The molecule has 0 heterocycles. The van der Waals surface area contributed by atoms with Gasteiger partial charge < -0.3 is 20.7 Å². The normalized spacial score (nSPS) is 10.0. The first-order valence-corrected chi connectivity index (χ1v) is 5.75. The van der Waals surface area contributed by atoms with Gasteiger partial charge in [0, 0.05) is 6.54 Å². The van der Waals surface area contributed by atoms with Gasteiger partial charge in [-0.25, -0.2) is 4.39 Å². The van der Waals surface area contributed by atoms with E-state index in [1.807, 2.05) is 0 Å². The van der Waals surface area contributed by atoms with Gasteiger partial charge in [0.2, 0.25) is 0 Å². The molecule has 0 spiro atoms. The van der Waals surface area contributed by atoms with Gasteiger partial charge in [0.15, 0.2) is 0 Å². The fourth-order valence-corrected chi connectivity index (χ4v) is 1.60. The van der Waals surface area contributed by atoms with E-state index < -0.39 is 24.7 Å². The van der Waals surface area contributed by atoms with Crippen LogP contribution in [0.4, 0.5) is 4.39 Å². The number of hydrogen-bond acceptors (Lipinski definition) is 4. The smallest absolute Gasteiger partial charge is 0.423 e. The Labute approximate surface area is 115 Å². The largest absolute Gasteiger partial charge is 0.488 e. The molecule has 20 heavy (non-hydrogen) atoms. The molecule has 8 heteroatoms. The van der Waals surface area contributed by atoms with Gasteiger partial charge >= 0.3 is 7.12 Å². The minimum Gasteiger partial charge on any atom is -0.423 e. The van der Waals surface area contributed by atoms with Crippen LogP contribution in [0, 0.1) is 5.82 Å². The minimum absolute atomic E-state index is 0.0872. The molecule has 0 atom stereocenters. The molecule has 4 N–H and O–H groups in total. The molecular weight excluding hydrogens is 266 g/mol. The van der Waals surface area contributed by atoms with E-state index in [9.17, 15) is 14.0 Å². The van der Waals surface area contributed by atoms with E-state index in [0.717, 1.165) is 17.0 Å². The summed E-state index contributed by atoms with van der Waals surface area (Å²) in [5.41, 5.74) is 4.38. The van der Waals surface area contributed by atoms with Crippen LogP contribution >= 0.6 is 0 Å². The molecule has 1 rings (SSSR count). The first kappa shape index (κ1) is 15.9. The second-order valence-electron chi connectivity index (χ2n) is 3.97. The molecule has 6 nitrogen and oxygen atoms in total. The molecule has 1 aromatic rings. The molecule has 106 valence electrons. The Morgan fingerprint density at radius 1 is 1.45 bits per heavy atom. The van der Waals surface area contributed by atoms with E-state index in [1.165, 1.54) is 6.07 Å². The molecule has 0 unspecified atom stereocenters. The molecule has 0 aliphatic heterocycles. The third-order valence-corrected chi connectivity index (χ3v) is 2.69. The van der Waals surface area contributed by atoms with Crippen molar-refractivity contribution in [3.63, 3.8) is 0 Å². The number of nitrogens with zero attached hydrogens (tertiary/aromatic N) is 1. The maximum atomic E-state index is 13.8. The van der Waals surface area contributed by atoms with Crippen LogP contribution in [0.15, 0.2) is 30.5 Å². The molecule has 1 aromatic carbocycles. The summed E-state index contributed by atoms with van der Waals surface area (Å²) in [6.45, 7) is 5.04. The zero-order valence-corrected chi connectivity index (χ0v) is 10.8. The molecule has 0 aliphatic rings. The van der Waals surface area contributed by atoms with Gasteiger partial charge in [0.05, 0.1) is 5.56 Å². The lowest BCUT2D eigenvalue weighted by Gasteiger charge is -2.21. The summed E-state index contributed by atoms with van der Waals surface area (Å²) in [4.78, 5) is 24.1. The summed E-state index contributed by atoms with van der Waals surface area (Å²) >= 11 is 0. The Bertz CT molecular complexity index is 562. The number of amides is 2. The number of likely N-dealkylation sites (N-methyl/N-ethyl adjacent to an activating group) is 1. The van der Waals surface area contributed by atoms with Crippen LogP contribution in [-0.4, -0.2) is 40.4 Å². The summed E-state index contributed by atoms with van der Waals surface area (Å²) in [6, 6.07) is 3.13. The number of rotatable bonds is 5. The Kier molecular flexibility index (Phi) is 5.01. The van der Waals surface area contributed by atoms with Crippen molar-refractivity contribution in [2.75, 3.05) is 6.54 Å². The van der Waals surface area contributed by atoms with Crippen molar-refractivity contribution in [3.8, 4) is 0 Å². The second-order valence-corrected chi connectivity index (χ2v) is 3.97. The summed E-state index contributed by atoms with van der Waals surface area (Å²) in [5.74, 6) is -2.60. The zero-order valence-electron chi connectivity index (χ0n) is 10.8. The van der Waals surface area contributed by atoms with Crippen molar-refractivity contribution in [2.45, 2.75) is 6.92 Å². The topological polar surface area (TPSA) is 104 Å². The number of halogens is 1. The van der Waals surface area contributed by atoms with E-state index in [4.69, 9.17) is 15.8 Å². The van der Waals surface area contributed by atoms with Crippen molar-refractivity contribution in [1.82, 2.24) is 4.90 Å². The molecule has 0 radical (unpaired) electrons. The number of hydrogen-bond donors (Lipinski definition) is 3. The summed E-state index contributed by atoms with van der Waals surface area (Å²) in [5, 5.41) is 17.8. The van der Waals surface area contributed by atoms with E-state index >= 15 is 0 Å². The van der Waals surface area contributed by atoms with Crippen molar-refractivity contribution < 1.29 is 24.0 Å². The number of nitrogens with two attached hydrogens (primary N) is 1. The standard InChI is InChI=1S/C12H14BFN2O4/c1-3-16(7(2)11(15)17)12(18)9-5-4-8(13(19)20)6-10(9)14/h4-6,19-20H,2-3H2,1H3,(H2,15,17). The van der Waals surface area contributed by atoms with Gasteiger partial charge in [-0.2, -0.15) is 0 Å². The number of carbonyl (C=O) groups is 2. The fraction of sp³-hybridized carbons (Fsp3) is 0.167. The van der Waals surface area contributed by atoms with Gasteiger partial charge in [-0.15, -0.1) is 0 Å². The molecule has 2 amide bonds. The SMILES string of the molecule is C=C(C(N)=O)N(CC)C(=O)c1ccc(B(O)O)cc1F. The zero-order chi connectivity index (χ0) is 15.4. The highest BCUT2D eigenvalue weighted by atomic mass is 19.1. The lowest BCUT2D eigenvalue weighted by molar-refractivity contribution is -0.115. The van der Waals surface area contributed by atoms with Gasteiger partial charge in [0.25, 0.3) is 11.8 Å². The third-order valence-electron chi connectivity index (χ3n) is 2.69. The molecule has 0 aromatic heterocycles. The lowest BCUT2D eigenvalue weighted by Crippen LogP contribution is -2.37. The van der Waals surface area contributed by atoms with E-state index in [0.29, 0.717) is 0 Å². The van der Waals surface area contributed by atoms with Crippen LogP contribution < -0.4 is 11.2 Å². The Morgan fingerprint density at radius 3 is 2.45 bits per heavy atom. The number of primary amides is 1. The van der Waals surface area contributed by atoms with Crippen LogP contribution in [0.3, 0.4) is 0 Å². The molecule has 0 saturated carbocycles. The minimum atomic E-state index is -1.84. The third kappa shape index (κ3) is 3.22. The maximum Gasteiger partial charge on any atom is 0.488 e. The molecule has 0 aliphatic carbocycles. The van der Waals surface area contributed by atoms with Crippen LogP contribution in [-0.2, 0) is 4.79 Å². The molecule has 0 fully saturated rings. The van der Waals surface area contributed by atoms with E-state index in [2.05, 4.69) is 6.58 Å². The molecule has 0 bridgehead atoms. The predicted octanol–water partition coefficient (Wildman–Crippen LogP) is -1.03. The Morgan fingerprint density at radius 2 is 2.05 bits per heavy atom. The highest BCUT2D eigenvalue weighted by molar-refractivity contribution is 6.58. The van der Waals surface area contributed by atoms with Crippen molar-refractivity contribution >= 4 is 24.4 Å². The second kappa shape index (κ2) is 6.31. The highest BCUT2D eigenvalue weighted by Crippen LogP contribution is 2.12. The van der Waals surface area contributed by atoms with Crippen LogP contribution in [0.25, 0.3) is 0 Å². The van der Waals surface area contributed by atoms with E-state index in [-0.39, 0.29) is 23.3 Å². The predicted molar refractivity (Wildman–Crippen MR) is 71.3 cm³/mol. The van der Waals surface area contributed by atoms with Crippen LogP contribution in [0.1, 0.15) is 17.3 Å². The average Bonchev–Trinajstić information content (AvgIpc) is 2.38. The van der Waals surface area contributed by atoms with Gasteiger partial charge in [-0.05, 0) is 24.5 Å². The van der Waals surface area contributed by atoms with Crippen LogP contribution in [0.2, 0.25) is 0 Å². The highest BCUT2D eigenvalue weighted by Gasteiger charge is 2.24. The van der Waals surface area contributed by atoms with Gasteiger partial charge in [-0.1, -0.05) is 12.6 Å². The monoisotopic (exact) mass is 280 g/mol.